The summed E-state index contributed by atoms with van der Waals surface area (Å²) in [5, 5.41) is 9.82. The molecule has 0 atom stereocenters. The molecule has 0 aliphatic heterocycles. The van der Waals surface area contributed by atoms with Crippen molar-refractivity contribution in [3.63, 3.8) is 0 Å². The van der Waals surface area contributed by atoms with Crippen LogP contribution in [0, 0.1) is 18.3 Å². The number of nitriles is 1. The Balaban J connectivity index is 2.64. The maximum Gasteiger partial charge on any atom is 0.128 e. The van der Waals surface area contributed by atoms with Gasteiger partial charge < -0.3 is 4.74 Å². The fraction of sp³-hybridized carbons (Fsp3) is 0.417. The van der Waals surface area contributed by atoms with E-state index in [0.717, 1.165) is 29.7 Å². The van der Waals surface area contributed by atoms with Crippen LogP contribution in [0.5, 0.6) is 5.75 Å². The van der Waals surface area contributed by atoms with Crippen LogP contribution in [0.15, 0.2) is 12.1 Å². The van der Waals surface area contributed by atoms with Gasteiger partial charge in [-0.15, -0.1) is 0 Å². The van der Waals surface area contributed by atoms with E-state index in [2.05, 4.69) is 6.07 Å². The average Bonchev–Trinajstić information content (AvgIpc) is 3.01. The Morgan fingerprint density at radius 2 is 2.13 bits per heavy atom. The van der Waals surface area contributed by atoms with Crippen molar-refractivity contribution in [1.29, 1.82) is 5.26 Å². The lowest BCUT2D eigenvalue weighted by molar-refractivity contribution is 0.404. The maximum absolute atomic E-state index is 9.18. The summed E-state index contributed by atoms with van der Waals surface area (Å²) in [4.78, 5) is 0. The molecule has 0 bridgehead atoms. The summed E-state index contributed by atoms with van der Waals surface area (Å²) in [6, 6.07) is 6.10. The highest BCUT2D eigenvalue weighted by Crippen LogP contribution is 2.53. The van der Waals surface area contributed by atoms with Gasteiger partial charge in [-0.25, -0.2) is 0 Å². The lowest BCUT2D eigenvalue weighted by Gasteiger charge is -2.16. The van der Waals surface area contributed by atoms with Crippen molar-refractivity contribution in [3.05, 3.63) is 28.3 Å². The van der Waals surface area contributed by atoms with Crippen LogP contribution < -0.4 is 4.74 Å². The minimum atomic E-state index is -0.394. The van der Waals surface area contributed by atoms with Crippen LogP contribution in [0.25, 0.3) is 0 Å². The molecule has 0 heterocycles. The highest BCUT2D eigenvalue weighted by Gasteiger charge is 2.48. The zero-order chi connectivity index (χ0) is 11.1. The van der Waals surface area contributed by atoms with E-state index in [1.165, 1.54) is 0 Å². The molecule has 0 unspecified atom stereocenters. The zero-order valence-corrected chi connectivity index (χ0v) is 9.56. The number of methoxy groups -OCH3 is 1. The molecular weight excluding hydrogens is 210 g/mol. The first-order valence-electron chi connectivity index (χ1n) is 4.89. The van der Waals surface area contributed by atoms with Crippen LogP contribution in [0.3, 0.4) is 0 Å². The molecule has 1 aromatic carbocycles. The molecule has 0 aromatic heterocycles. The van der Waals surface area contributed by atoms with Crippen LogP contribution in [0.4, 0.5) is 0 Å². The molecule has 1 aliphatic carbocycles. The Bertz CT molecular complexity index is 444. The topological polar surface area (TPSA) is 33.0 Å². The number of halogens is 1. The van der Waals surface area contributed by atoms with Crippen molar-refractivity contribution in [2.75, 3.05) is 7.11 Å². The van der Waals surface area contributed by atoms with E-state index in [4.69, 9.17) is 16.3 Å². The number of nitrogens with zero attached hydrogens (tertiary/aromatic N) is 1. The summed E-state index contributed by atoms with van der Waals surface area (Å²) in [6.07, 6.45) is 1.76. The molecule has 15 heavy (non-hydrogen) atoms. The highest BCUT2D eigenvalue weighted by molar-refractivity contribution is 6.31. The first-order valence-corrected chi connectivity index (χ1v) is 5.27. The molecular formula is C12H12ClNO. The van der Waals surface area contributed by atoms with E-state index in [0.29, 0.717) is 5.02 Å². The third-order valence-corrected chi connectivity index (χ3v) is 3.27. The summed E-state index contributed by atoms with van der Waals surface area (Å²) in [6.45, 7) is 1.96. The van der Waals surface area contributed by atoms with Crippen LogP contribution in [0.2, 0.25) is 5.02 Å². The molecule has 0 spiro atoms. The summed E-state index contributed by atoms with van der Waals surface area (Å²) in [5.41, 5.74) is 1.50. The number of aryl methyl sites for hydroxylation is 1. The van der Waals surface area contributed by atoms with Gasteiger partial charge in [-0.05, 0) is 31.4 Å². The van der Waals surface area contributed by atoms with Crippen LogP contribution in [-0.2, 0) is 5.41 Å². The fourth-order valence-electron chi connectivity index (χ4n) is 1.91. The third-order valence-electron chi connectivity index (χ3n) is 2.95. The van der Waals surface area contributed by atoms with Gasteiger partial charge in [0.15, 0.2) is 0 Å². The Kier molecular flexibility index (Phi) is 2.36. The van der Waals surface area contributed by atoms with E-state index in [1.807, 2.05) is 19.1 Å². The van der Waals surface area contributed by atoms with Gasteiger partial charge in [0, 0.05) is 10.6 Å². The minimum absolute atomic E-state index is 0.394. The minimum Gasteiger partial charge on any atom is -0.496 e. The Hall–Kier alpha value is -1.20. The first-order chi connectivity index (χ1) is 7.14. The van der Waals surface area contributed by atoms with Gasteiger partial charge >= 0.3 is 0 Å². The predicted octanol–water partition coefficient (Wildman–Crippen LogP) is 3.21. The molecule has 0 saturated heterocycles. The number of benzene rings is 1. The summed E-state index contributed by atoms with van der Waals surface area (Å²) >= 11 is 6.15. The number of hydrogen-bond donors (Lipinski definition) is 0. The van der Waals surface area contributed by atoms with E-state index >= 15 is 0 Å². The zero-order valence-electron chi connectivity index (χ0n) is 8.80. The molecule has 0 amide bonds. The maximum atomic E-state index is 9.18. The molecule has 0 radical (unpaired) electrons. The second-order valence-corrected chi connectivity index (χ2v) is 4.37. The van der Waals surface area contributed by atoms with Crippen molar-refractivity contribution >= 4 is 11.6 Å². The quantitative estimate of drug-likeness (QED) is 0.768. The van der Waals surface area contributed by atoms with Crippen molar-refractivity contribution in [2.45, 2.75) is 25.2 Å². The Labute approximate surface area is 94.4 Å². The van der Waals surface area contributed by atoms with Crippen LogP contribution in [0.1, 0.15) is 24.0 Å². The Morgan fingerprint density at radius 3 is 2.60 bits per heavy atom. The monoisotopic (exact) mass is 221 g/mol. The summed E-state index contributed by atoms with van der Waals surface area (Å²) in [5.74, 6) is 0.765. The lowest BCUT2D eigenvalue weighted by Crippen LogP contribution is -2.07. The summed E-state index contributed by atoms with van der Waals surface area (Å²) < 4.78 is 5.35. The second kappa shape index (κ2) is 3.43. The average molecular weight is 222 g/mol. The van der Waals surface area contributed by atoms with Crippen LogP contribution >= 0.6 is 11.6 Å². The van der Waals surface area contributed by atoms with Crippen molar-refractivity contribution in [2.24, 2.45) is 0 Å². The number of rotatable bonds is 2. The van der Waals surface area contributed by atoms with E-state index in [-0.39, 0.29) is 0 Å². The predicted molar refractivity (Wildman–Crippen MR) is 59.3 cm³/mol. The van der Waals surface area contributed by atoms with Gasteiger partial charge in [0.2, 0.25) is 0 Å². The molecule has 1 fully saturated rings. The van der Waals surface area contributed by atoms with Crippen molar-refractivity contribution < 1.29 is 4.74 Å². The molecule has 1 aromatic rings. The molecule has 3 heteroatoms. The largest absolute Gasteiger partial charge is 0.496 e. The first kappa shape index (κ1) is 10.3. The van der Waals surface area contributed by atoms with Gasteiger partial charge in [0.05, 0.1) is 18.6 Å². The third kappa shape index (κ3) is 1.48. The molecule has 1 saturated carbocycles. The SMILES string of the molecule is COc1c(C)ccc(Cl)c1C1(C#N)CC1. The summed E-state index contributed by atoms with van der Waals surface area (Å²) in [7, 11) is 1.62. The molecule has 0 N–H and O–H groups in total. The molecule has 1 aliphatic rings. The Morgan fingerprint density at radius 1 is 1.47 bits per heavy atom. The smallest absolute Gasteiger partial charge is 0.128 e. The van der Waals surface area contributed by atoms with Gasteiger partial charge in [-0.3, -0.25) is 0 Å². The lowest BCUT2D eigenvalue weighted by atomic mass is 9.94. The molecule has 2 nitrogen and oxygen atoms in total. The fourth-order valence-corrected chi connectivity index (χ4v) is 2.24. The number of ether oxygens (including phenoxy) is 1. The van der Waals surface area contributed by atoms with E-state index in [1.54, 1.807) is 7.11 Å². The van der Waals surface area contributed by atoms with Crippen molar-refractivity contribution in [1.82, 2.24) is 0 Å². The normalized spacial score (nSPS) is 16.9. The van der Waals surface area contributed by atoms with Gasteiger partial charge in [0.1, 0.15) is 5.75 Å². The van der Waals surface area contributed by atoms with E-state index in [9.17, 15) is 5.26 Å². The molecule has 2 rings (SSSR count). The second-order valence-electron chi connectivity index (χ2n) is 3.97. The number of hydrogen-bond acceptors (Lipinski definition) is 2. The van der Waals surface area contributed by atoms with Crippen molar-refractivity contribution in [3.8, 4) is 11.8 Å². The molecule has 78 valence electrons. The van der Waals surface area contributed by atoms with Gasteiger partial charge in [-0.1, -0.05) is 17.7 Å². The highest BCUT2D eigenvalue weighted by atomic mass is 35.5. The van der Waals surface area contributed by atoms with E-state index < -0.39 is 5.41 Å². The van der Waals surface area contributed by atoms with Gasteiger partial charge in [-0.2, -0.15) is 5.26 Å². The standard InChI is InChI=1S/C12H12ClNO/c1-8-3-4-9(13)10(11(8)15-2)12(7-14)5-6-12/h3-4H,5-6H2,1-2H3. The van der Waals surface area contributed by atoms with Gasteiger partial charge in [0.25, 0.3) is 0 Å². The van der Waals surface area contributed by atoms with Crippen LogP contribution in [-0.4, -0.2) is 7.11 Å².